The molecule has 0 spiro atoms. The van der Waals surface area contributed by atoms with Crippen LogP contribution >= 0.6 is 0 Å². The minimum absolute atomic E-state index is 0.0148. The van der Waals surface area contributed by atoms with Crippen LogP contribution in [0.15, 0.2) is 54.7 Å². The van der Waals surface area contributed by atoms with Crippen LogP contribution in [-0.4, -0.2) is 36.3 Å². The van der Waals surface area contributed by atoms with Crippen molar-refractivity contribution < 1.29 is 32.2 Å². The first-order valence-electron chi connectivity index (χ1n) is 9.42. The number of amides is 1. The molecule has 1 aromatic heterocycles. The number of para-hydroxylation sites is 1. The molecule has 0 saturated carbocycles. The summed E-state index contributed by atoms with van der Waals surface area (Å²) < 4.78 is 47.4. The number of carbonyl (C=O) groups excluding carboxylic acids is 2. The zero-order valence-electron chi connectivity index (χ0n) is 16.7. The number of nitrogens with zero attached hydrogens (tertiary/aromatic N) is 1. The van der Waals surface area contributed by atoms with E-state index in [1.807, 2.05) is 12.1 Å². The molecule has 0 bridgehead atoms. The Labute approximate surface area is 176 Å². The Bertz CT molecular complexity index is 1060. The fourth-order valence-electron chi connectivity index (χ4n) is 3.10. The summed E-state index contributed by atoms with van der Waals surface area (Å²) in [5, 5.41) is 3.49. The zero-order chi connectivity index (χ0) is 22.4. The Morgan fingerprint density at radius 2 is 1.71 bits per heavy atom. The molecule has 0 atom stereocenters. The van der Waals surface area contributed by atoms with Gasteiger partial charge in [0.2, 0.25) is 5.91 Å². The van der Waals surface area contributed by atoms with E-state index < -0.39 is 18.8 Å². The highest BCUT2D eigenvalue weighted by Crippen LogP contribution is 2.22. The van der Waals surface area contributed by atoms with E-state index in [-0.39, 0.29) is 25.6 Å². The fourth-order valence-corrected chi connectivity index (χ4v) is 3.10. The second-order valence-corrected chi connectivity index (χ2v) is 6.88. The van der Waals surface area contributed by atoms with Gasteiger partial charge in [-0.3, -0.25) is 4.79 Å². The van der Waals surface area contributed by atoms with E-state index in [4.69, 9.17) is 4.74 Å². The third-order valence-corrected chi connectivity index (χ3v) is 4.55. The summed E-state index contributed by atoms with van der Waals surface area (Å²) >= 11 is 0. The van der Waals surface area contributed by atoms with Crippen LogP contribution in [0.4, 0.5) is 13.2 Å². The number of hydrogen-bond donors (Lipinski definition) is 1. The van der Waals surface area contributed by atoms with E-state index in [9.17, 15) is 22.8 Å². The number of hydrogen-bond acceptors (Lipinski definition) is 4. The van der Waals surface area contributed by atoms with Gasteiger partial charge in [-0.2, -0.15) is 13.2 Å². The topological polar surface area (TPSA) is 69.6 Å². The molecule has 0 unspecified atom stereocenters. The Balaban J connectivity index is 1.57. The minimum Gasteiger partial charge on any atom is -0.465 e. The molecule has 3 rings (SSSR count). The third kappa shape index (κ3) is 6.08. The number of aromatic nitrogens is 1. The Morgan fingerprint density at radius 3 is 2.39 bits per heavy atom. The van der Waals surface area contributed by atoms with Crippen molar-refractivity contribution in [3.63, 3.8) is 0 Å². The van der Waals surface area contributed by atoms with Gasteiger partial charge >= 0.3 is 12.1 Å². The first-order chi connectivity index (χ1) is 14.8. The lowest BCUT2D eigenvalue weighted by Gasteiger charge is -2.09. The summed E-state index contributed by atoms with van der Waals surface area (Å²) in [6.45, 7) is -1.17. The average Bonchev–Trinajstić information content (AvgIpc) is 3.10. The van der Waals surface area contributed by atoms with Crippen molar-refractivity contribution >= 4 is 22.8 Å². The zero-order valence-corrected chi connectivity index (χ0v) is 16.7. The predicted octanol–water partition coefficient (Wildman–Crippen LogP) is 3.82. The number of rotatable bonds is 8. The smallest absolute Gasteiger partial charge is 0.411 e. The van der Waals surface area contributed by atoms with Crippen LogP contribution in [0.25, 0.3) is 10.9 Å². The SMILES string of the molecule is COC(=O)c1cn(CC(=O)NCc2ccc(COCC(F)(F)F)cc2)c2ccccc12. The summed E-state index contributed by atoms with van der Waals surface area (Å²) in [5.41, 5.74) is 2.52. The quantitative estimate of drug-likeness (QED) is 0.548. The number of halogens is 3. The molecule has 1 N–H and O–H groups in total. The molecule has 9 heteroatoms. The van der Waals surface area contributed by atoms with Crippen LogP contribution < -0.4 is 5.32 Å². The summed E-state index contributed by atoms with van der Waals surface area (Å²) in [6, 6.07) is 14.0. The third-order valence-electron chi connectivity index (χ3n) is 4.55. The monoisotopic (exact) mass is 434 g/mol. The summed E-state index contributed by atoms with van der Waals surface area (Å²) in [6.07, 6.45) is -2.77. The lowest BCUT2D eigenvalue weighted by molar-refractivity contribution is -0.176. The number of nitrogens with one attached hydrogen (secondary N) is 1. The van der Waals surface area contributed by atoms with E-state index in [1.54, 1.807) is 47.2 Å². The molecule has 164 valence electrons. The maximum absolute atomic E-state index is 12.4. The summed E-state index contributed by atoms with van der Waals surface area (Å²) in [7, 11) is 1.30. The van der Waals surface area contributed by atoms with Crippen LogP contribution in [0, 0.1) is 0 Å². The highest BCUT2D eigenvalue weighted by atomic mass is 19.4. The molecule has 0 saturated heterocycles. The normalized spacial score (nSPS) is 11.5. The van der Waals surface area contributed by atoms with Crippen molar-refractivity contribution in [2.45, 2.75) is 25.9 Å². The second kappa shape index (κ2) is 9.65. The van der Waals surface area contributed by atoms with Gasteiger partial charge < -0.3 is 19.4 Å². The molecule has 3 aromatic rings. The molecule has 1 heterocycles. The molecule has 0 aliphatic rings. The van der Waals surface area contributed by atoms with Gasteiger partial charge in [0.25, 0.3) is 0 Å². The van der Waals surface area contributed by atoms with Crippen molar-refractivity contribution in [2.24, 2.45) is 0 Å². The molecular formula is C22H21F3N2O4. The van der Waals surface area contributed by atoms with Crippen molar-refractivity contribution in [2.75, 3.05) is 13.7 Å². The number of methoxy groups -OCH3 is 1. The largest absolute Gasteiger partial charge is 0.465 e. The maximum Gasteiger partial charge on any atom is 0.411 e. The second-order valence-electron chi connectivity index (χ2n) is 6.88. The van der Waals surface area contributed by atoms with Gasteiger partial charge in [0, 0.05) is 23.6 Å². The molecule has 2 aromatic carbocycles. The predicted molar refractivity (Wildman–Crippen MR) is 107 cm³/mol. The van der Waals surface area contributed by atoms with Crippen molar-refractivity contribution in [1.82, 2.24) is 9.88 Å². The van der Waals surface area contributed by atoms with E-state index in [0.717, 1.165) is 11.1 Å². The van der Waals surface area contributed by atoms with Gasteiger partial charge in [0.15, 0.2) is 0 Å². The maximum atomic E-state index is 12.4. The van der Waals surface area contributed by atoms with Crippen LogP contribution in [0.5, 0.6) is 0 Å². The highest BCUT2D eigenvalue weighted by Gasteiger charge is 2.27. The van der Waals surface area contributed by atoms with Crippen LogP contribution in [0.1, 0.15) is 21.5 Å². The van der Waals surface area contributed by atoms with Gasteiger partial charge in [-0.05, 0) is 17.2 Å². The molecule has 0 fully saturated rings. The van der Waals surface area contributed by atoms with Crippen LogP contribution in [0.3, 0.4) is 0 Å². The van der Waals surface area contributed by atoms with Crippen molar-refractivity contribution in [1.29, 1.82) is 0 Å². The Hall–Kier alpha value is -3.33. The molecule has 0 aliphatic carbocycles. The molecule has 0 radical (unpaired) electrons. The van der Waals surface area contributed by atoms with Gasteiger partial charge in [-0.1, -0.05) is 42.5 Å². The van der Waals surface area contributed by atoms with Crippen LogP contribution in [0.2, 0.25) is 0 Å². The van der Waals surface area contributed by atoms with Crippen LogP contribution in [-0.2, 0) is 34.0 Å². The van der Waals surface area contributed by atoms with Crippen molar-refractivity contribution in [3.8, 4) is 0 Å². The van der Waals surface area contributed by atoms with Crippen molar-refractivity contribution in [3.05, 3.63) is 71.4 Å². The Morgan fingerprint density at radius 1 is 1.03 bits per heavy atom. The number of esters is 1. The van der Waals surface area contributed by atoms with Gasteiger partial charge in [0.05, 0.1) is 19.3 Å². The first kappa shape index (κ1) is 22.4. The van der Waals surface area contributed by atoms with E-state index in [2.05, 4.69) is 10.1 Å². The Kier molecular flexibility index (Phi) is 6.96. The number of carbonyl (C=O) groups is 2. The average molecular weight is 434 g/mol. The van der Waals surface area contributed by atoms with Gasteiger partial charge in [0.1, 0.15) is 13.2 Å². The summed E-state index contributed by atoms with van der Waals surface area (Å²) in [4.78, 5) is 24.4. The molecule has 6 nitrogen and oxygen atoms in total. The minimum atomic E-state index is -4.35. The van der Waals surface area contributed by atoms with E-state index in [0.29, 0.717) is 16.5 Å². The molecule has 0 aliphatic heterocycles. The summed E-state index contributed by atoms with van der Waals surface area (Å²) in [5.74, 6) is -0.732. The molecular weight excluding hydrogens is 413 g/mol. The fraction of sp³-hybridized carbons (Fsp3) is 0.273. The van der Waals surface area contributed by atoms with E-state index in [1.165, 1.54) is 7.11 Å². The van der Waals surface area contributed by atoms with E-state index >= 15 is 0 Å². The molecule has 1 amide bonds. The standard InChI is InChI=1S/C22H21F3N2O4/c1-30-21(29)18-11-27(19-5-3-2-4-17(18)19)12-20(28)26-10-15-6-8-16(9-7-15)13-31-14-22(23,24)25/h2-9,11H,10,12-14H2,1H3,(H,26,28). The number of fused-ring (bicyclic) bond motifs is 1. The van der Waals surface area contributed by atoms with Gasteiger partial charge in [-0.15, -0.1) is 0 Å². The lowest BCUT2D eigenvalue weighted by Crippen LogP contribution is -2.26. The highest BCUT2D eigenvalue weighted by molar-refractivity contribution is 6.04. The number of ether oxygens (including phenoxy) is 2. The number of alkyl halides is 3. The molecule has 31 heavy (non-hydrogen) atoms. The number of benzene rings is 2. The lowest BCUT2D eigenvalue weighted by atomic mass is 10.1. The van der Waals surface area contributed by atoms with Gasteiger partial charge in [-0.25, -0.2) is 4.79 Å². The first-order valence-corrected chi connectivity index (χ1v) is 9.42.